The van der Waals surface area contributed by atoms with Crippen LogP contribution in [0.2, 0.25) is 0 Å². The average molecular weight is 264 g/mol. The van der Waals surface area contributed by atoms with Crippen LogP contribution in [-0.2, 0) is 6.54 Å². The zero-order valence-electron chi connectivity index (χ0n) is 11.4. The highest BCUT2D eigenvalue weighted by molar-refractivity contribution is 5.88. The second kappa shape index (κ2) is 5.63. The van der Waals surface area contributed by atoms with Crippen LogP contribution in [0.4, 0.5) is 0 Å². The smallest absolute Gasteiger partial charge is 0.339 e. The summed E-state index contributed by atoms with van der Waals surface area (Å²) in [7, 11) is 4.18. The number of likely N-dealkylation sites (N-methyl/N-ethyl adjacent to an activating group) is 1. The van der Waals surface area contributed by atoms with E-state index in [1.807, 2.05) is 0 Å². The number of nitrogens with zero attached hydrogens (tertiary/aromatic N) is 3. The molecule has 1 aliphatic carbocycles. The van der Waals surface area contributed by atoms with E-state index in [4.69, 9.17) is 5.11 Å². The third-order valence-electron chi connectivity index (χ3n) is 4.00. The molecule has 6 nitrogen and oxygen atoms in total. The SMILES string of the molecule is CN(C)C1(CNCc2ncncc2C(=O)O)CCC1. The van der Waals surface area contributed by atoms with Crippen LogP contribution in [0.15, 0.2) is 12.5 Å². The molecule has 0 aromatic carbocycles. The van der Waals surface area contributed by atoms with Crippen molar-refractivity contribution < 1.29 is 9.90 Å². The van der Waals surface area contributed by atoms with Crippen LogP contribution in [0.5, 0.6) is 0 Å². The number of hydrogen-bond acceptors (Lipinski definition) is 5. The van der Waals surface area contributed by atoms with E-state index in [9.17, 15) is 4.79 Å². The minimum atomic E-state index is -0.983. The Morgan fingerprint density at radius 1 is 1.53 bits per heavy atom. The Morgan fingerprint density at radius 2 is 2.26 bits per heavy atom. The fraction of sp³-hybridized carbons (Fsp3) is 0.615. The lowest BCUT2D eigenvalue weighted by atomic mass is 9.75. The summed E-state index contributed by atoms with van der Waals surface area (Å²) in [5.41, 5.74) is 0.925. The van der Waals surface area contributed by atoms with Crippen LogP contribution in [0.25, 0.3) is 0 Å². The van der Waals surface area contributed by atoms with Gasteiger partial charge in [0.05, 0.1) is 5.69 Å². The molecule has 0 bridgehead atoms. The maximum atomic E-state index is 11.0. The minimum absolute atomic E-state index is 0.169. The molecule has 1 aliphatic rings. The zero-order chi connectivity index (χ0) is 13.9. The Kier molecular flexibility index (Phi) is 4.11. The maximum Gasteiger partial charge on any atom is 0.339 e. The van der Waals surface area contributed by atoms with Crippen LogP contribution >= 0.6 is 0 Å². The first-order valence-corrected chi connectivity index (χ1v) is 6.45. The summed E-state index contributed by atoms with van der Waals surface area (Å²) >= 11 is 0. The summed E-state index contributed by atoms with van der Waals surface area (Å²) in [6, 6.07) is 0. The number of carboxylic acids is 1. The third-order valence-corrected chi connectivity index (χ3v) is 4.00. The van der Waals surface area contributed by atoms with Gasteiger partial charge in [0.25, 0.3) is 0 Å². The van der Waals surface area contributed by atoms with E-state index in [0.717, 1.165) is 6.54 Å². The van der Waals surface area contributed by atoms with E-state index in [0.29, 0.717) is 12.2 Å². The number of aromatic carboxylic acids is 1. The van der Waals surface area contributed by atoms with E-state index < -0.39 is 5.97 Å². The van der Waals surface area contributed by atoms with Crippen molar-refractivity contribution in [1.82, 2.24) is 20.2 Å². The molecule has 6 heteroatoms. The van der Waals surface area contributed by atoms with Crippen molar-refractivity contribution in [3.63, 3.8) is 0 Å². The van der Waals surface area contributed by atoms with Crippen molar-refractivity contribution in [2.24, 2.45) is 0 Å². The standard InChI is InChI=1S/C13H20N4O2/c1-17(2)13(4-3-5-13)8-14-7-11-10(12(18)19)6-15-9-16-11/h6,9,14H,3-5,7-8H2,1-2H3,(H,18,19). The number of aromatic nitrogens is 2. The molecule has 19 heavy (non-hydrogen) atoms. The maximum absolute atomic E-state index is 11.0. The molecule has 104 valence electrons. The summed E-state index contributed by atoms with van der Waals surface area (Å²) in [4.78, 5) is 21.1. The van der Waals surface area contributed by atoms with Gasteiger partial charge < -0.3 is 15.3 Å². The van der Waals surface area contributed by atoms with Gasteiger partial charge in [-0.15, -0.1) is 0 Å². The number of hydrogen-bond donors (Lipinski definition) is 2. The highest BCUT2D eigenvalue weighted by Crippen LogP contribution is 2.35. The van der Waals surface area contributed by atoms with E-state index in [-0.39, 0.29) is 11.1 Å². The quantitative estimate of drug-likeness (QED) is 0.789. The summed E-state index contributed by atoms with van der Waals surface area (Å²) in [5, 5.41) is 12.4. The van der Waals surface area contributed by atoms with E-state index >= 15 is 0 Å². The van der Waals surface area contributed by atoms with Crippen LogP contribution < -0.4 is 5.32 Å². The van der Waals surface area contributed by atoms with Crippen LogP contribution in [-0.4, -0.2) is 52.1 Å². The molecular weight excluding hydrogens is 244 g/mol. The predicted octanol–water partition coefficient (Wildman–Crippen LogP) is 0.749. The van der Waals surface area contributed by atoms with Gasteiger partial charge in [0, 0.05) is 24.8 Å². The molecule has 1 saturated carbocycles. The number of nitrogens with one attached hydrogen (secondary N) is 1. The zero-order valence-corrected chi connectivity index (χ0v) is 11.4. The lowest BCUT2D eigenvalue weighted by Gasteiger charge is -2.47. The van der Waals surface area contributed by atoms with Gasteiger partial charge in [-0.05, 0) is 33.4 Å². The first-order chi connectivity index (χ1) is 9.05. The number of carbonyl (C=O) groups is 1. The summed E-state index contributed by atoms with van der Waals surface area (Å²) in [6.45, 7) is 1.31. The van der Waals surface area contributed by atoms with Crippen molar-refractivity contribution in [2.45, 2.75) is 31.3 Å². The molecule has 0 radical (unpaired) electrons. The van der Waals surface area contributed by atoms with Crippen molar-refractivity contribution in [2.75, 3.05) is 20.6 Å². The first-order valence-electron chi connectivity index (χ1n) is 6.45. The van der Waals surface area contributed by atoms with Gasteiger partial charge in [-0.3, -0.25) is 0 Å². The molecule has 0 unspecified atom stereocenters. The molecule has 0 saturated heterocycles. The summed E-state index contributed by atoms with van der Waals surface area (Å²) in [5.74, 6) is -0.983. The van der Waals surface area contributed by atoms with E-state index in [2.05, 4.69) is 34.3 Å². The molecule has 0 atom stereocenters. The van der Waals surface area contributed by atoms with Gasteiger partial charge in [-0.2, -0.15) is 0 Å². The molecule has 0 aliphatic heterocycles. The molecule has 2 N–H and O–H groups in total. The van der Waals surface area contributed by atoms with Gasteiger partial charge in [-0.25, -0.2) is 14.8 Å². The van der Waals surface area contributed by atoms with Crippen molar-refractivity contribution >= 4 is 5.97 Å². The van der Waals surface area contributed by atoms with Crippen LogP contribution in [0, 0.1) is 0 Å². The highest BCUT2D eigenvalue weighted by Gasteiger charge is 2.38. The van der Waals surface area contributed by atoms with Crippen molar-refractivity contribution in [3.8, 4) is 0 Å². The lowest BCUT2D eigenvalue weighted by Crippen LogP contribution is -2.56. The topological polar surface area (TPSA) is 78.3 Å². The largest absolute Gasteiger partial charge is 0.478 e. The Labute approximate surface area is 112 Å². The number of rotatable bonds is 6. The van der Waals surface area contributed by atoms with Crippen LogP contribution in [0.3, 0.4) is 0 Å². The minimum Gasteiger partial charge on any atom is -0.478 e. The molecule has 0 spiro atoms. The van der Waals surface area contributed by atoms with Gasteiger partial charge >= 0.3 is 5.97 Å². The normalized spacial score (nSPS) is 17.2. The van der Waals surface area contributed by atoms with Gasteiger partial charge in [-0.1, -0.05) is 0 Å². The van der Waals surface area contributed by atoms with Gasteiger partial charge in [0.2, 0.25) is 0 Å². The van der Waals surface area contributed by atoms with Crippen LogP contribution in [0.1, 0.15) is 35.3 Å². The molecule has 2 rings (SSSR count). The Morgan fingerprint density at radius 3 is 2.79 bits per heavy atom. The van der Waals surface area contributed by atoms with Crippen molar-refractivity contribution in [1.29, 1.82) is 0 Å². The number of carboxylic acid groups (broad SMARTS) is 1. The molecular formula is C13H20N4O2. The molecule has 1 fully saturated rings. The van der Waals surface area contributed by atoms with Gasteiger partial charge in [0.1, 0.15) is 11.9 Å². The molecule has 1 heterocycles. The monoisotopic (exact) mass is 264 g/mol. The summed E-state index contributed by atoms with van der Waals surface area (Å²) in [6.07, 6.45) is 6.35. The Hall–Kier alpha value is -1.53. The van der Waals surface area contributed by atoms with Gasteiger partial charge in [0.15, 0.2) is 0 Å². The molecule has 0 amide bonds. The fourth-order valence-corrected chi connectivity index (χ4v) is 2.46. The Bertz CT molecular complexity index is 458. The third kappa shape index (κ3) is 2.90. The summed E-state index contributed by atoms with van der Waals surface area (Å²) < 4.78 is 0. The van der Waals surface area contributed by atoms with Crippen molar-refractivity contribution in [3.05, 3.63) is 23.8 Å². The molecule has 1 aromatic rings. The second-order valence-corrected chi connectivity index (χ2v) is 5.26. The predicted molar refractivity (Wildman–Crippen MR) is 71.0 cm³/mol. The highest BCUT2D eigenvalue weighted by atomic mass is 16.4. The Balaban J connectivity index is 1.94. The average Bonchev–Trinajstić information content (AvgIpc) is 2.32. The molecule has 1 aromatic heterocycles. The fourth-order valence-electron chi connectivity index (χ4n) is 2.46. The second-order valence-electron chi connectivity index (χ2n) is 5.26. The first kappa shape index (κ1) is 13.9. The van der Waals surface area contributed by atoms with E-state index in [1.54, 1.807) is 0 Å². The van der Waals surface area contributed by atoms with E-state index in [1.165, 1.54) is 31.8 Å². The lowest BCUT2D eigenvalue weighted by molar-refractivity contribution is 0.0596.